The summed E-state index contributed by atoms with van der Waals surface area (Å²) >= 11 is 0. The van der Waals surface area contributed by atoms with Gasteiger partial charge < -0.3 is 18.8 Å². The first kappa shape index (κ1) is 35.8. The highest BCUT2D eigenvalue weighted by Gasteiger charge is 2.22. The van der Waals surface area contributed by atoms with Crippen molar-refractivity contribution in [2.45, 2.75) is 73.6 Å². The van der Waals surface area contributed by atoms with Crippen LogP contribution in [0.2, 0.25) is 0 Å². The maximum Gasteiger partial charge on any atom is 0.276 e. The molecule has 0 spiro atoms. The summed E-state index contributed by atoms with van der Waals surface area (Å²) < 4.78 is 13.2. The molecule has 0 fully saturated rings. The van der Waals surface area contributed by atoms with Crippen LogP contribution in [-0.2, 0) is 31.0 Å². The summed E-state index contributed by atoms with van der Waals surface area (Å²) in [5, 5.41) is 14.9. The molecular formula is C37H45N11O4. The Morgan fingerprint density at radius 1 is 0.750 bits per heavy atom. The first-order valence-corrected chi connectivity index (χ1v) is 17.5. The van der Waals surface area contributed by atoms with Crippen LogP contribution in [0.15, 0.2) is 48.5 Å². The molecule has 3 amide bonds. The molecule has 15 heteroatoms. The Morgan fingerprint density at radius 3 is 1.90 bits per heavy atom. The number of ether oxygens (including phenoxy) is 1. The number of hydrogen-bond donors (Lipinski definition) is 2. The molecular weight excluding hydrogens is 662 g/mol. The number of nitrogens with zero attached hydrogens (tertiary/aromatic N) is 9. The zero-order valence-corrected chi connectivity index (χ0v) is 30.7. The molecule has 0 saturated heterocycles. The van der Waals surface area contributed by atoms with Gasteiger partial charge in [0.15, 0.2) is 6.61 Å². The van der Waals surface area contributed by atoms with Gasteiger partial charge in [-0.25, -0.2) is 9.97 Å². The van der Waals surface area contributed by atoms with Crippen LogP contribution in [0, 0.1) is 20.8 Å². The van der Waals surface area contributed by atoms with Gasteiger partial charge in [0.1, 0.15) is 22.7 Å². The standard InChI is InChI=1S/C37H45N11O4/c1-8-47-29(20-24(4)42-47)34(50)40-36-38-26-19-23(3)15-16-27(26)45(36)17-10-11-18-46-28-13-12-14-31(52-22-32(49)44(6)7)33(28)39-37(46)41-35(51)30-21-25(5)43-48(30)9-2/h12-16,19-21H,8-11,17-18,22H2,1-7H3,(H,38,40,50)(H,39,41,51). The van der Waals surface area contributed by atoms with Crippen LogP contribution >= 0.6 is 0 Å². The van der Waals surface area contributed by atoms with Gasteiger partial charge in [-0.3, -0.25) is 34.4 Å². The number of unbranched alkanes of at least 4 members (excludes halogenated alkanes) is 1. The lowest BCUT2D eigenvalue weighted by molar-refractivity contribution is -0.130. The normalized spacial score (nSPS) is 11.4. The van der Waals surface area contributed by atoms with E-state index in [4.69, 9.17) is 14.7 Å². The highest BCUT2D eigenvalue weighted by Crippen LogP contribution is 2.30. The Hall–Kier alpha value is -5.99. The SMILES string of the molecule is CCn1nc(C)cc1C(=O)Nc1nc2cc(C)ccc2n1CCCCn1c(NC(=O)c2cc(C)nn2CC)nc2c(OCC(=O)N(C)C)cccc21. The topological polar surface area (TPSA) is 159 Å². The Morgan fingerprint density at radius 2 is 1.33 bits per heavy atom. The van der Waals surface area contributed by atoms with Crippen LogP contribution in [0.3, 0.4) is 0 Å². The third-order valence-electron chi connectivity index (χ3n) is 8.83. The molecule has 0 aliphatic carbocycles. The molecule has 0 saturated carbocycles. The quantitative estimate of drug-likeness (QED) is 0.146. The molecule has 15 nitrogen and oxygen atoms in total. The number of fused-ring (bicyclic) bond motifs is 2. The number of aryl methyl sites for hydroxylation is 7. The van der Waals surface area contributed by atoms with Crippen LogP contribution < -0.4 is 15.4 Å². The lowest BCUT2D eigenvalue weighted by atomic mass is 10.2. The molecule has 0 unspecified atom stereocenters. The number of rotatable bonds is 14. The molecule has 0 atom stereocenters. The Kier molecular flexibility index (Phi) is 10.4. The van der Waals surface area contributed by atoms with Crippen molar-refractivity contribution in [3.63, 3.8) is 0 Å². The number of nitrogens with one attached hydrogen (secondary N) is 2. The van der Waals surface area contributed by atoms with E-state index in [1.54, 1.807) is 41.7 Å². The fourth-order valence-electron chi connectivity index (χ4n) is 6.20. The van der Waals surface area contributed by atoms with Gasteiger partial charge in [-0.1, -0.05) is 12.1 Å². The molecule has 0 aliphatic rings. The van der Waals surface area contributed by atoms with Gasteiger partial charge in [0.05, 0.1) is 27.9 Å². The summed E-state index contributed by atoms with van der Waals surface area (Å²) in [7, 11) is 3.34. The van der Waals surface area contributed by atoms with Crippen molar-refractivity contribution in [3.05, 3.63) is 76.9 Å². The maximum absolute atomic E-state index is 13.6. The van der Waals surface area contributed by atoms with Crippen LogP contribution in [0.1, 0.15) is 64.6 Å². The number of anilines is 2. The summed E-state index contributed by atoms with van der Waals surface area (Å²) in [6.07, 6.45) is 1.42. The van der Waals surface area contributed by atoms with Gasteiger partial charge in [0.25, 0.3) is 17.7 Å². The van der Waals surface area contributed by atoms with Gasteiger partial charge in [-0.15, -0.1) is 0 Å². The van der Waals surface area contributed by atoms with Crippen LogP contribution in [0.5, 0.6) is 5.75 Å². The zero-order valence-electron chi connectivity index (χ0n) is 30.7. The second-order valence-electron chi connectivity index (χ2n) is 13.0. The van der Waals surface area contributed by atoms with Gasteiger partial charge >= 0.3 is 0 Å². The lowest BCUT2D eigenvalue weighted by Crippen LogP contribution is -2.27. The Labute approximate surface area is 301 Å². The van der Waals surface area contributed by atoms with Gasteiger partial charge in [-0.2, -0.15) is 10.2 Å². The highest BCUT2D eigenvalue weighted by molar-refractivity contribution is 6.04. The predicted molar refractivity (Wildman–Crippen MR) is 199 cm³/mol. The average Bonchev–Trinajstić information content (AvgIpc) is 3.87. The van der Waals surface area contributed by atoms with Crippen LogP contribution in [0.4, 0.5) is 11.9 Å². The van der Waals surface area contributed by atoms with E-state index in [0.717, 1.165) is 39.9 Å². The first-order valence-electron chi connectivity index (χ1n) is 17.5. The third-order valence-corrected chi connectivity index (χ3v) is 8.83. The number of imidazole rings is 2. The molecule has 6 rings (SSSR count). The van der Waals surface area contributed by atoms with Crippen molar-refractivity contribution in [1.29, 1.82) is 0 Å². The van der Waals surface area contributed by atoms with E-state index >= 15 is 0 Å². The molecule has 272 valence electrons. The van der Waals surface area contributed by atoms with Gasteiger partial charge in [0.2, 0.25) is 11.9 Å². The predicted octanol–water partition coefficient (Wildman–Crippen LogP) is 5.20. The average molecular weight is 708 g/mol. The summed E-state index contributed by atoms with van der Waals surface area (Å²) in [5.74, 6) is 0.477. The monoisotopic (exact) mass is 707 g/mol. The Bertz CT molecular complexity index is 2270. The van der Waals surface area contributed by atoms with Crippen LogP contribution in [0.25, 0.3) is 22.1 Å². The molecule has 6 aromatic rings. The number of para-hydroxylation sites is 1. The van der Waals surface area contributed by atoms with E-state index in [2.05, 4.69) is 20.8 Å². The van der Waals surface area contributed by atoms with E-state index in [1.807, 2.05) is 74.1 Å². The molecule has 2 aromatic carbocycles. The van der Waals surface area contributed by atoms with Gasteiger partial charge in [0, 0.05) is 40.3 Å². The smallest absolute Gasteiger partial charge is 0.276 e. The number of aromatic nitrogens is 8. The summed E-state index contributed by atoms with van der Waals surface area (Å²) in [6.45, 7) is 11.7. The maximum atomic E-state index is 13.6. The number of likely N-dealkylation sites (N-methyl/N-ethyl adjacent to an activating group) is 1. The summed E-state index contributed by atoms with van der Waals surface area (Å²) in [5.41, 5.74) is 6.49. The molecule has 0 bridgehead atoms. The Balaban J connectivity index is 1.26. The van der Waals surface area contributed by atoms with Crippen molar-refractivity contribution in [3.8, 4) is 5.75 Å². The van der Waals surface area contributed by atoms with E-state index in [1.165, 1.54) is 4.90 Å². The minimum absolute atomic E-state index is 0.146. The lowest BCUT2D eigenvalue weighted by Gasteiger charge is -2.13. The van der Waals surface area contributed by atoms with Crippen molar-refractivity contribution in [2.75, 3.05) is 31.3 Å². The van der Waals surface area contributed by atoms with Crippen molar-refractivity contribution in [2.24, 2.45) is 0 Å². The van der Waals surface area contributed by atoms with Crippen molar-refractivity contribution >= 4 is 51.7 Å². The van der Waals surface area contributed by atoms with Crippen molar-refractivity contribution < 1.29 is 19.1 Å². The van der Waals surface area contributed by atoms with E-state index in [0.29, 0.717) is 67.2 Å². The number of carbonyl (C=O) groups excluding carboxylic acids is 3. The number of carbonyl (C=O) groups is 3. The fraction of sp³-hybridized carbons (Fsp3) is 0.378. The molecule has 0 radical (unpaired) electrons. The second kappa shape index (κ2) is 15.1. The second-order valence-corrected chi connectivity index (χ2v) is 13.0. The van der Waals surface area contributed by atoms with E-state index < -0.39 is 0 Å². The summed E-state index contributed by atoms with van der Waals surface area (Å²) in [4.78, 5) is 50.4. The number of amides is 3. The van der Waals surface area contributed by atoms with E-state index in [-0.39, 0.29) is 24.3 Å². The van der Waals surface area contributed by atoms with Crippen LogP contribution in [-0.4, -0.2) is 82.0 Å². The summed E-state index contributed by atoms with van der Waals surface area (Å²) in [6, 6.07) is 15.1. The highest BCUT2D eigenvalue weighted by atomic mass is 16.5. The van der Waals surface area contributed by atoms with E-state index in [9.17, 15) is 14.4 Å². The minimum Gasteiger partial charge on any atom is -0.481 e. The number of benzene rings is 2. The largest absolute Gasteiger partial charge is 0.481 e. The molecule has 52 heavy (non-hydrogen) atoms. The first-order chi connectivity index (χ1) is 25.0. The number of hydrogen-bond acceptors (Lipinski definition) is 8. The molecule has 4 aromatic heterocycles. The zero-order chi connectivity index (χ0) is 37.1. The fourth-order valence-corrected chi connectivity index (χ4v) is 6.20. The minimum atomic E-state index is -0.329. The third kappa shape index (κ3) is 7.38. The van der Waals surface area contributed by atoms with Crippen molar-refractivity contribution in [1.82, 2.24) is 43.6 Å². The van der Waals surface area contributed by atoms with Gasteiger partial charge in [-0.05, 0) is 89.4 Å². The molecule has 4 heterocycles. The molecule has 0 aliphatic heterocycles. The molecule has 2 N–H and O–H groups in total.